The van der Waals surface area contributed by atoms with Crippen molar-refractivity contribution in [2.24, 2.45) is 5.84 Å². The average Bonchev–Trinajstić information content (AvgIpc) is 3.09. The van der Waals surface area contributed by atoms with Crippen molar-refractivity contribution in [3.05, 3.63) is 42.7 Å². The molecule has 3 aromatic rings. The molecule has 3 rings (SSSR count). The van der Waals surface area contributed by atoms with E-state index in [1.54, 1.807) is 18.7 Å². The first-order chi connectivity index (χ1) is 9.76. The van der Waals surface area contributed by atoms with Crippen molar-refractivity contribution < 1.29 is 4.42 Å². The first-order valence-electron chi connectivity index (χ1n) is 6.35. The smallest absolute Gasteiger partial charge is 0.180 e. The molecule has 3 aromatic heterocycles. The van der Waals surface area contributed by atoms with Gasteiger partial charge in [-0.05, 0) is 19.1 Å². The highest BCUT2D eigenvalue weighted by Gasteiger charge is 2.11. The van der Waals surface area contributed by atoms with Crippen molar-refractivity contribution in [1.82, 2.24) is 14.4 Å². The van der Waals surface area contributed by atoms with E-state index in [9.17, 15) is 0 Å². The summed E-state index contributed by atoms with van der Waals surface area (Å²) in [5, 5.41) is 3.33. The predicted octanol–water partition coefficient (Wildman–Crippen LogP) is 1.65. The number of aromatic nitrogens is 3. The van der Waals surface area contributed by atoms with E-state index in [1.165, 1.54) is 0 Å². The summed E-state index contributed by atoms with van der Waals surface area (Å²) in [4.78, 5) is 8.69. The molecule has 1 atom stereocenters. The fourth-order valence-corrected chi connectivity index (χ4v) is 2.11. The molecule has 0 aliphatic carbocycles. The molecule has 7 heteroatoms. The molecule has 3 heterocycles. The maximum Gasteiger partial charge on any atom is 0.180 e. The van der Waals surface area contributed by atoms with Crippen molar-refractivity contribution in [2.75, 3.05) is 10.7 Å². The summed E-state index contributed by atoms with van der Waals surface area (Å²) in [7, 11) is 0. The maximum atomic E-state index is 5.43. The van der Waals surface area contributed by atoms with E-state index in [0.29, 0.717) is 11.6 Å². The molecule has 0 saturated heterocycles. The number of nitrogens with two attached hydrogens (primary N) is 1. The van der Waals surface area contributed by atoms with Crippen molar-refractivity contribution >= 4 is 17.3 Å². The quantitative estimate of drug-likeness (QED) is 0.483. The average molecular weight is 272 g/mol. The number of nitrogen functional groups attached to an aromatic ring is 1. The normalized spacial score (nSPS) is 12.5. The standard InChI is InChI=1S/C13H16N6O/c1-9(7-10-3-2-6-20-10)16-12-13-15-4-5-19(13)8-11(17-12)18-14/h2-6,8-9,18H,7,14H2,1H3,(H,16,17). The summed E-state index contributed by atoms with van der Waals surface area (Å²) < 4.78 is 7.21. The third-order valence-corrected chi connectivity index (χ3v) is 2.99. The Morgan fingerprint density at radius 2 is 2.40 bits per heavy atom. The van der Waals surface area contributed by atoms with Gasteiger partial charge in [-0.3, -0.25) is 0 Å². The van der Waals surface area contributed by atoms with E-state index in [-0.39, 0.29) is 6.04 Å². The highest BCUT2D eigenvalue weighted by molar-refractivity contribution is 5.65. The second-order valence-corrected chi connectivity index (χ2v) is 4.61. The van der Waals surface area contributed by atoms with Crippen LogP contribution in [0.4, 0.5) is 11.6 Å². The van der Waals surface area contributed by atoms with E-state index in [2.05, 4.69) is 27.6 Å². The molecule has 4 N–H and O–H groups in total. The Kier molecular flexibility index (Phi) is 3.26. The van der Waals surface area contributed by atoms with E-state index in [4.69, 9.17) is 10.3 Å². The lowest BCUT2D eigenvalue weighted by molar-refractivity contribution is 0.497. The molecule has 1 unspecified atom stereocenters. The van der Waals surface area contributed by atoms with Crippen molar-refractivity contribution in [1.29, 1.82) is 0 Å². The molecule has 0 aliphatic rings. The Morgan fingerprint density at radius 1 is 1.50 bits per heavy atom. The molecule has 104 valence electrons. The van der Waals surface area contributed by atoms with Crippen LogP contribution in [0.1, 0.15) is 12.7 Å². The van der Waals surface area contributed by atoms with Crippen LogP contribution in [0.2, 0.25) is 0 Å². The molecular weight excluding hydrogens is 256 g/mol. The van der Waals surface area contributed by atoms with Gasteiger partial charge in [0.2, 0.25) is 0 Å². The highest BCUT2D eigenvalue weighted by Crippen LogP contribution is 2.17. The molecule has 0 aromatic carbocycles. The Balaban J connectivity index is 1.84. The first-order valence-corrected chi connectivity index (χ1v) is 6.35. The van der Waals surface area contributed by atoms with Crippen molar-refractivity contribution in [3.63, 3.8) is 0 Å². The number of nitrogens with zero attached hydrogens (tertiary/aromatic N) is 3. The number of anilines is 2. The summed E-state index contributed by atoms with van der Waals surface area (Å²) in [5.41, 5.74) is 3.31. The van der Waals surface area contributed by atoms with E-state index in [1.807, 2.05) is 22.7 Å². The van der Waals surface area contributed by atoms with Crippen LogP contribution in [0.3, 0.4) is 0 Å². The Labute approximate surface area is 115 Å². The minimum absolute atomic E-state index is 0.155. The molecule has 0 amide bonds. The van der Waals surface area contributed by atoms with Gasteiger partial charge < -0.3 is 19.6 Å². The first kappa shape index (κ1) is 12.5. The maximum absolute atomic E-state index is 5.43. The van der Waals surface area contributed by atoms with E-state index >= 15 is 0 Å². The molecule has 0 radical (unpaired) electrons. The second-order valence-electron chi connectivity index (χ2n) is 4.61. The molecule has 0 aliphatic heterocycles. The number of imidazole rings is 1. The Morgan fingerprint density at radius 3 is 3.15 bits per heavy atom. The van der Waals surface area contributed by atoms with Gasteiger partial charge in [-0.1, -0.05) is 0 Å². The van der Waals surface area contributed by atoms with Crippen LogP contribution >= 0.6 is 0 Å². The van der Waals surface area contributed by atoms with Crippen LogP contribution < -0.4 is 16.6 Å². The number of hydrazine groups is 1. The van der Waals surface area contributed by atoms with Crippen LogP contribution in [-0.2, 0) is 6.42 Å². The van der Waals surface area contributed by atoms with E-state index < -0.39 is 0 Å². The fraction of sp³-hybridized carbons (Fsp3) is 0.231. The third kappa shape index (κ3) is 2.43. The van der Waals surface area contributed by atoms with Crippen LogP contribution in [0.25, 0.3) is 5.65 Å². The molecule has 0 bridgehead atoms. The van der Waals surface area contributed by atoms with Crippen molar-refractivity contribution in [2.45, 2.75) is 19.4 Å². The monoisotopic (exact) mass is 272 g/mol. The number of fused-ring (bicyclic) bond motifs is 1. The lowest BCUT2D eigenvalue weighted by atomic mass is 10.2. The van der Waals surface area contributed by atoms with Gasteiger partial charge in [0, 0.05) is 24.9 Å². The van der Waals surface area contributed by atoms with Gasteiger partial charge in [-0.25, -0.2) is 15.8 Å². The Hall–Kier alpha value is -2.54. The summed E-state index contributed by atoms with van der Waals surface area (Å²) in [6.07, 6.45) is 7.79. The van der Waals surface area contributed by atoms with Crippen molar-refractivity contribution in [3.8, 4) is 0 Å². The summed E-state index contributed by atoms with van der Waals surface area (Å²) in [5.74, 6) is 7.62. The van der Waals surface area contributed by atoms with Gasteiger partial charge in [0.25, 0.3) is 0 Å². The number of nitrogens with one attached hydrogen (secondary N) is 2. The summed E-state index contributed by atoms with van der Waals surface area (Å²) in [6.45, 7) is 2.06. The molecule has 20 heavy (non-hydrogen) atoms. The second kappa shape index (κ2) is 5.22. The topological polar surface area (TPSA) is 93.4 Å². The number of furan rings is 1. The predicted molar refractivity (Wildman–Crippen MR) is 76.3 cm³/mol. The highest BCUT2D eigenvalue weighted by atomic mass is 16.3. The molecule has 7 nitrogen and oxygen atoms in total. The van der Waals surface area contributed by atoms with Gasteiger partial charge in [-0.15, -0.1) is 0 Å². The third-order valence-electron chi connectivity index (χ3n) is 2.99. The van der Waals surface area contributed by atoms with Gasteiger partial charge in [-0.2, -0.15) is 0 Å². The van der Waals surface area contributed by atoms with Gasteiger partial charge in [0.05, 0.1) is 12.5 Å². The molecule has 0 fully saturated rings. The molecule has 0 spiro atoms. The van der Waals surface area contributed by atoms with Crippen LogP contribution in [0.5, 0.6) is 0 Å². The van der Waals surface area contributed by atoms with Gasteiger partial charge in [0.15, 0.2) is 17.3 Å². The molecule has 0 saturated carbocycles. The molecular formula is C13H16N6O. The SMILES string of the molecule is CC(Cc1ccco1)Nc1nc(NN)cn2ccnc12. The minimum Gasteiger partial charge on any atom is -0.469 e. The lowest BCUT2D eigenvalue weighted by Gasteiger charge is -2.14. The largest absolute Gasteiger partial charge is 0.469 e. The number of hydrogen-bond donors (Lipinski definition) is 3. The van der Waals surface area contributed by atoms with Crippen LogP contribution in [0.15, 0.2) is 41.4 Å². The minimum atomic E-state index is 0.155. The zero-order valence-corrected chi connectivity index (χ0v) is 11.1. The number of hydrogen-bond acceptors (Lipinski definition) is 6. The van der Waals surface area contributed by atoms with E-state index in [0.717, 1.165) is 17.8 Å². The van der Waals surface area contributed by atoms with Gasteiger partial charge in [0.1, 0.15) is 5.76 Å². The zero-order chi connectivity index (χ0) is 13.9. The number of rotatable bonds is 5. The Bertz CT molecular complexity index is 690. The van der Waals surface area contributed by atoms with Crippen LogP contribution in [-0.4, -0.2) is 20.4 Å². The zero-order valence-electron chi connectivity index (χ0n) is 11.1. The fourth-order valence-electron chi connectivity index (χ4n) is 2.11. The van der Waals surface area contributed by atoms with Gasteiger partial charge >= 0.3 is 0 Å². The lowest BCUT2D eigenvalue weighted by Crippen LogP contribution is -2.20. The summed E-state index contributed by atoms with van der Waals surface area (Å²) >= 11 is 0. The summed E-state index contributed by atoms with van der Waals surface area (Å²) in [6, 6.07) is 3.99. The van der Waals surface area contributed by atoms with Crippen LogP contribution in [0, 0.1) is 0 Å².